The van der Waals surface area contributed by atoms with E-state index in [0.717, 1.165) is 22.5 Å². The van der Waals surface area contributed by atoms with Gasteiger partial charge in [0.2, 0.25) is 0 Å². The van der Waals surface area contributed by atoms with Crippen molar-refractivity contribution >= 4 is 33.1 Å². The number of hydrogen-bond acceptors (Lipinski definition) is 3. The molecule has 0 amide bonds. The van der Waals surface area contributed by atoms with Gasteiger partial charge in [0.25, 0.3) is 0 Å². The van der Waals surface area contributed by atoms with Gasteiger partial charge in [0.1, 0.15) is 5.82 Å². The average molecular weight is 286 g/mol. The molecule has 0 atom stereocenters. The molecule has 5 heteroatoms. The molecule has 0 bridgehead atoms. The third-order valence-corrected chi connectivity index (χ3v) is 4.27. The Morgan fingerprint density at radius 1 is 1.47 bits per heavy atom. The van der Waals surface area contributed by atoms with Crippen LogP contribution in [0.5, 0.6) is 0 Å². The van der Waals surface area contributed by atoms with Gasteiger partial charge in [0.05, 0.1) is 12.2 Å². The highest BCUT2D eigenvalue weighted by Gasteiger charge is 2.06. The summed E-state index contributed by atoms with van der Waals surface area (Å²) in [5, 5.41) is 4.33. The molecule has 0 aromatic carbocycles. The smallest absolute Gasteiger partial charge is 0.122 e. The van der Waals surface area contributed by atoms with Crippen LogP contribution < -0.4 is 5.73 Å². The minimum absolute atomic E-state index is 0.717. The van der Waals surface area contributed by atoms with E-state index in [1.165, 1.54) is 9.75 Å². The average Bonchev–Trinajstić information content (AvgIpc) is 2.59. The lowest BCUT2D eigenvalue weighted by Crippen LogP contribution is -2.04. The molecule has 0 spiro atoms. The molecule has 2 heterocycles. The van der Waals surface area contributed by atoms with Crippen LogP contribution in [0.4, 0.5) is 5.82 Å². The first-order chi connectivity index (χ1) is 7.06. The zero-order chi connectivity index (χ0) is 11.0. The molecule has 0 aliphatic rings. The van der Waals surface area contributed by atoms with Gasteiger partial charge in [0.15, 0.2) is 0 Å². The van der Waals surface area contributed by atoms with Crippen LogP contribution in [0.15, 0.2) is 16.6 Å². The second-order valence-electron chi connectivity index (χ2n) is 3.49. The third kappa shape index (κ3) is 2.23. The van der Waals surface area contributed by atoms with E-state index in [9.17, 15) is 0 Å². The molecule has 0 aliphatic carbocycles. The van der Waals surface area contributed by atoms with Crippen LogP contribution in [0.1, 0.15) is 15.4 Å². The highest BCUT2D eigenvalue weighted by atomic mass is 79.9. The summed E-state index contributed by atoms with van der Waals surface area (Å²) >= 11 is 5.27. The summed E-state index contributed by atoms with van der Waals surface area (Å²) in [5.74, 6) is 0.717. The summed E-state index contributed by atoms with van der Waals surface area (Å²) in [6, 6.07) is 4.01. The van der Waals surface area contributed by atoms with Gasteiger partial charge in [-0.3, -0.25) is 0 Å². The molecule has 2 aromatic heterocycles. The molecule has 80 valence electrons. The van der Waals surface area contributed by atoms with E-state index in [4.69, 9.17) is 5.73 Å². The standard InChI is InChI=1S/C10H12BrN3S/c1-6-3-10(12)14(13-6)5-8-4-9(11)7(2)15-8/h3-4H,5,12H2,1-2H3. The highest BCUT2D eigenvalue weighted by Crippen LogP contribution is 2.27. The summed E-state index contributed by atoms with van der Waals surface area (Å²) in [4.78, 5) is 2.54. The fraction of sp³-hybridized carbons (Fsp3) is 0.300. The van der Waals surface area contributed by atoms with Gasteiger partial charge in [0, 0.05) is 20.3 Å². The molecule has 3 nitrogen and oxygen atoms in total. The maximum absolute atomic E-state index is 5.83. The minimum Gasteiger partial charge on any atom is -0.384 e. The molecule has 0 fully saturated rings. The van der Waals surface area contributed by atoms with Gasteiger partial charge >= 0.3 is 0 Å². The van der Waals surface area contributed by atoms with Crippen LogP contribution in [0.3, 0.4) is 0 Å². The van der Waals surface area contributed by atoms with E-state index in [1.54, 1.807) is 11.3 Å². The third-order valence-electron chi connectivity index (χ3n) is 2.15. The van der Waals surface area contributed by atoms with Crippen LogP contribution in [0.25, 0.3) is 0 Å². The number of nitrogens with zero attached hydrogens (tertiary/aromatic N) is 2. The molecule has 0 aliphatic heterocycles. The molecule has 0 saturated heterocycles. The van der Waals surface area contributed by atoms with Crippen molar-refractivity contribution in [3.63, 3.8) is 0 Å². The molecule has 2 aromatic rings. The Hall–Kier alpha value is -0.810. The van der Waals surface area contributed by atoms with Crippen molar-refractivity contribution < 1.29 is 0 Å². The van der Waals surface area contributed by atoms with Crippen LogP contribution in [0.2, 0.25) is 0 Å². The molecular formula is C10H12BrN3S. The van der Waals surface area contributed by atoms with Gasteiger partial charge in [-0.25, -0.2) is 4.68 Å². The number of thiophene rings is 1. The first kappa shape index (κ1) is 10.7. The van der Waals surface area contributed by atoms with Crippen LogP contribution in [-0.4, -0.2) is 9.78 Å². The SMILES string of the molecule is Cc1cc(N)n(Cc2cc(Br)c(C)s2)n1. The van der Waals surface area contributed by atoms with E-state index >= 15 is 0 Å². The van der Waals surface area contributed by atoms with Crippen LogP contribution in [-0.2, 0) is 6.54 Å². The second-order valence-corrected chi connectivity index (χ2v) is 5.68. The lowest BCUT2D eigenvalue weighted by atomic mass is 10.4. The number of aromatic nitrogens is 2. The molecule has 2 N–H and O–H groups in total. The number of rotatable bonds is 2. The topological polar surface area (TPSA) is 43.8 Å². The first-order valence-corrected chi connectivity index (χ1v) is 6.22. The van der Waals surface area contributed by atoms with E-state index in [2.05, 4.69) is 34.0 Å². The first-order valence-electron chi connectivity index (χ1n) is 4.61. The molecule has 0 radical (unpaired) electrons. The number of hydrogen-bond donors (Lipinski definition) is 1. The van der Waals surface area contributed by atoms with Crippen molar-refractivity contribution in [2.75, 3.05) is 5.73 Å². The lowest BCUT2D eigenvalue weighted by Gasteiger charge is -2.00. The number of halogens is 1. The number of nitrogens with two attached hydrogens (primary N) is 1. The molecule has 15 heavy (non-hydrogen) atoms. The predicted octanol–water partition coefficient (Wildman–Crippen LogP) is 2.95. The maximum atomic E-state index is 5.83. The highest BCUT2D eigenvalue weighted by molar-refractivity contribution is 9.10. The van der Waals surface area contributed by atoms with E-state index in [-0.39, 0.29) is 0 Å². The van der Waals surface area contributed by atoms with Gasteiger partial charge in [-0.1, -0.05) is 0 Å². The van der Waals surface area contributed by atoms with Gasteiger partial charge < -0.3 is 5.73 Å². The number of anilines is 1. The van der Waals surface area contributed by atoms with E-state index in [0.29, 0.717) is 0 Å². The lowest BCUT2D eigenvalue weighted by molar-refractivity contribution is 0.697. The number of nitrogen functional groups attached to an aromatic ring is 1. The summed E-state index contributed by atoms with van der Waals surface area (Å²) in [5.41, 5.74) is 6.79. The van der Waals surface area contributed by atoms with E-state index < -0.39 is 0 Å². The Balaban J connectivity index is 2.25. The van der Waals surface area contributed by atoms with Gasteiger partial charge in [-0.2, -0.15) is 5.10 Å². The van der Waals surface area contributed by atoms with Crippen molar-refractivity contribution in [2.45, 2.75) is 20.4 Å². The van der Waals surface area contributed by atoms with Crippen LogP contribution >= 0.6 is 27.3 Å². The summed E-state index contributed by atoms with van der Waals surface area (Å²) in [6.07, 6.45) is 0. The quantitative estimate of drug-likeness (QED) is 0.922. The van der Waals surface area contributed by atoms with Crippen molar-refractivity contribution in [1.82, 2.24) is 9.78 Å². The summed E-state index contributed by atoms with van der Waals surface area (Å²) < 4.78 is 2.98. The molecular weight excluding hydrogens is 274 g/mol. The predicted molar refractivity (Wildman–Crippen MR) is 67.2 cm³/mol. The molecule has 0 saturated carbocycles. The minimum atomic E-state index is 0.717. The van der Waals surface area contributed by atoms with Crippen molar-refractivity contribution in [2.24, 2.45) is 0 Å². The van der Waals surface area contributed by atoms with Crippen molar-refractivity contribution in [1.29, 1.82) is 0 Å². The summed E-state index contributed by atoms with van der Waals surface area (Å²) in [6.45, 7) is 4.79. The number of aryl methyl sites for hydroxylation is 2. The molecule has 2 rings (SSSR count). The zero-order valence-corrected chi connectivity index (χ0v) is 11.0. The van der Waals surface area contributed by atoms with E-state index in [1.807, 2.05) is 17.7 Å². The van der Waals surface area contributed by atoms with Crippen molar-refractivity contribution in [3.05, 3.63) is 32.1 Å². The Kier molecular flexibility index (Phi) is 2.84. The Labute approximate surface area is 101 Å². The summed E-state index contributed by atoms with van der Waals surface area (Å²) in [7, 11) is 0. The zero-order valence-electron chi connectivity index (χ0n) is 8.62. The Morgan fingerprint density at radius 3 is 2.67 bits per heavy atom. The fourth-order valence-corrected chi connectivity index (χ4v) is 3.02. The fourth-order valence-electron chi connectivity index (χ4n) is 1.44. The Morgan fingerprint density at radius 2 is 2.20 bits per heavy atom. The molecule has 0 unspecified atom stereocenters. The van der Waals surface area contributed by atoms with Crippen molar-refractivity contribution in [3.8, 4) is 0 Å². The van der Waals surface area contributed by atoms with Crippen LogP contribution in [0, 0.1) is 13.8 Å². The van der Waals surface area contributed by atoms with Gasteiger partial charge in [-0.15, -0.1) is 11.3 Å². The monoisotopic (exact) mass is 285 g/mol. The largest absolute Gasteiger partial charge is 0.384 e. The maximum Gasteiger partial charge on any atom is 0.122 e. The normalized spacial score (nSPS) is 10.9. The van der Waals surface area contributed by atoms with Gasteiger partial charge in [-0.05, 0) is 35.8 Å². The Bertz CT molecular complexity index is 467. The second kappa shape index (κ2) is 3.98.